The van der Waals surface area contributed by atoms with E-state index in [-0.39, 0.29) is 30.3 Å². The van der Waals surface area contributed by atoms with Gasteiger partial charge in [0.15, 0.2) is 0 Å². The molecule has 1 amide bonds. The molecule has 0 spiro atoms. The third-order valence-electron chi connectivity index (χ3n) is 3.41. The summed E-state index contributed by atoms with van der Waals surface area (Å²) in [6, 6.07) is -0.199. The van der Waals surface area contributed by atoms with Crippen molar-refractivity contribution in [1.82, 2.24) is 10.2 Å². The SMILES string of the molecule is CN(CCC(=O)O)C(=O)C1NCCCC1(C)C. The molecule has 0 bridgehead atoms. The number of carbonyl (C=O) groups excluding carboxylic acids is 1. The van der Waals surface area contributed by atoms with Crippen LogP contribution in [-0.2, 0) is 9.59 Å². The number of carboxylic acids is 1. The van der Waals surface area contributed by atoms with Crippen molar-refractivity contribution in [3.63, 3.8) is 0 Å². The molecule has 1 aliphatic heterocycles. The molecule has 1 aliphatic rings. The normalized spacial score (nSPS) is 23.1. The number of likely N-dealkylation sites (N-methyl/N-ethyl adjacent to an activating group) is 1. The van der Waals surface area contributed by atoms with E-state index in [0.29, 0.717) is 0 Å². The lowest BCUT2D eigenvalue weighted by Crippen LogP contribution is -2.56. The van der Waals surface area contributed by atoms with Crippen LogP contribution in [0.15, 0.2) is 0 Å². The Morgan fingerprint density at radius 1 is 1.47 bits per heavy atom. The molecule has 0 aromatic carbocycles. The molecule has 1 saturated heterocycles. The number of nitrogens with one attached hydrogen (secondary N) is 1. The lowest BCUT2D eigenvalue weighted by atomic mass is 9.77. The molecule has 0 aliphatic carbocycles. The molecule has 0 aromatic heterocycles. The monoisotopic (exact) mass is 242 g/mol. The van der Waals surface area contributed by atoms with Gasteiger partial charge in [-0.1, -0.05) is 13.8 Å². The van der Waals surface area contributed by atoms with Crippen LogP contribution in [0.1, 0.15) is 33.1 Å². The maximum absolute atomic E-state index is 12.2. The average molecular weight is 242 g/mol. The molecule has 1 atom stereocenters. The van der Waals surface area contributed by atoms with Crippen LogP contribution in [0.25, 0.3) is 0 Å². The van der Waals surface area contributed by atoms with Crippen molar-refractivity contribution in [2.24, 2.45) is 5.41 Å². The largest absolute Gasteiger partial charge is 0.481 e. The first-order valence-electron chi connectivity index (χ1n) is 6.05. The van der Waals surface area contributed by atoms with Gasteiger partial charge in [-0.05, 0) is 24.8 Å². The zero-order chi connectivity index (χ0) is 13.1. The summed E-state index contributed by atoms with van der Waals surface area (Å²) in [7, 11) is 1.66. The fourth-order valence-corrected chi connectivity index (χ4v) is 2.23. The molecule has 1 rings (SSSR count). The van der Waals surface area contributed by atoms with Crippen molar-refractivity contribution >= 4 is 11.9 Å². The van der Waals surface area contributed by atoms with Gasteiger partial charge in [-0.2, -0.15) is 0 Å². The third kappa shape index (κ3) is 3.70. The second-order valence-electron chi connectivity index (χ2n) is 5.38. The van der Waals surface area contributed by atoms with Crippen molar-refractivity contribution in [2.45, 2.75) is 39.2 Å². The van der Waals surface area contributed by atoms with Gasteiger partial charge in [0.05, 0.1) is 12.5 Å². The molecule has 0 radical (unpaired) electrons. The fourth-order valence-electron chi connectivity index (χ4n) is 2.23. The highest BCUT2D eigenvalue weighted by molar-refractivity contribution is 5.83. The average Bonchev–Trinajstić information content (AvgIpc) is 2.24. The van der Waals surface area contributed by atoms with E-state index >= 15 is 0 Å². The van der Waals surface area contributed by atoms with E-state index in [1.165, 1.54) is 4.90 Å². The molecule has 1 fully saturated rings. The lowest BCUT2D eigenvalue weighted by molar-refractivity contribution is -0.139. The molecule has 98 valence electrons. The highest BCUT2D eigenvalue weighted by Crippen LogP contribution is 2.30. The summed E-state index contributed by atoms with van der Waals surface area (Å²) in [5, 5.41) is 11.8. The number of carbonyl (C=O) groups is 2. The predicted octanol–water partition coefficient (Wildman–Crippen LogP) is 0.698. The Balaban J connectivity index is 2.58. The number of rotatable bonds is 4. The van der Waals surface area contributed by atoms with Gasteiger partial charge in [0.2, 0.25) is 5.91 Å². The van der Waals surface area contributed by atoms with Gasteiger partial charge in [0.1, 0.15) is 0 Å². The van der Waals surface area contributed by atoms with Crippen LogP contribution in [0.2, 0.25) is 0 Å². The van der Waals surface area contributed by atoms with Gasteiger partial charge in [0.25, 0.3) is 0 Å². The molecule has 2 N–H and O–H groups in total. The summed E-state index contributed by atoms with van der Waals surface area (Å²) in [5.74, 6) is -0.878. The smallest absolute Gasteiger partial charge is 0.305 e. The maximum Gasteiger partial charge on any atom is 0.305 e. The van der Waals surface area contributed by atoms with Crippen LogP contribution in [0.5, 0.6) is 0 Å². The van der Waals surface area contributed by atoms with Crippen LogP contribution in [0, 0.1) is 5.41 Å². The molecular formula is C12H22N2O3. The Labute approximate surface area is 102 Å². The van der Waals surface area contributed by atoms with Gasteiger partial charge in [0, 0.05) is 13.6 Å². The summed E-state index contributed by atoms with van der Waals surface area (Å²) in [6.07, 6.45) is 2.09. The molecule has 1 heterocycles. The number of nitrogens with zero attached hydrogens (tertiary/aromatic N) is 1. The maximum atomic E-state index is 12.2. The van der Waals surface area contributed by atoms with Gasteiger partial charge < -0.3 is 15.3 Å². The Bertz CT molecular complexity index is 302. The van der Waals surface area contributed by atoms with Crippen LogP contribution >= 0.6 is 0 Å². The number of hydrogen-bond donors (Lipinski definition) is 2. The Morgan fingerprint density at radius 3 is 2.65 bits per heavy atom. The Morgan fingerprint density at radius 2 is 2.12 bits per heavy atom. The van der Waals surface area contributed by atoms with E-state index in [0.717, 1.165) is 19.4 Å². The standard InChI is InChI=1S/C12H22N2O3/c1-12(2)6-4-7-13-10(12)11(17)14(3)8-5-9(15)16/h10,13H,4-8H2,1-3H3,(H,15,16). The second kappa shape index (κ2) is 5.49. The van der Waals surface area contributed by atoms with Crippen molar-refractivity contribution in [2.75, 3.05) is 20.1 Å². The second-order valence-corrected chi connectivity index (χ2v) is 5.38. The van der Waals surface area contributed by atoms with Crippen LogP contribution in [0.3, 0.4) is 0 Å². The van der Waals surface area contributed by atoms with E-state index in [2.05, 4.69) is 19.2 Å². The zero-order valence-corrected chi connectivity index (χ0v) is 10.8. The summed E-state index contributed by atoms with van der Waals surface area (Å²) < 4.78 is 0. The van der Waals surface area contributed by atoms with E-state index in [9.17, 15) is 9.59 Å². The minimum absolute atomic E-state index is 0.00375. The fraction of sp³-hybridized carbons (Fsp3) is 0.833. The lowest BCUT2D eigenvalue weighted by Gasteiger charge is -2.40. The highest BCUT2D eigenvalue weighted by Gasteiger charge is 2.38. The van der Waals surface area contributed by atoms with Crippen molar-refractivity contribution in [1.29, 1.82) is 0 Å². The number of amides is 1. The molecule has 0 saturated carbocycles. The molecule has 17 heavy (non-hydrogen) atoms. The minimum atomic E-state index is -0.875. The topological polar surface area (TPSA) is 69.6 Å². The minimum Gasteiger partial charge on any atom is -0.481 e. The van der Waals surface area contributed by atoms with Crippen LogP contribution < -0.4 is 5.32 Å². The van der Waals surface area contributed by atoms with Gasteiger partial charge in [-0.25, -0.2) is 0 Å². The molecule has 5 heteroatoms. The predicted molar refractivity (Wildman–Crippen MR) is 64.7 cm³/mol. The van der Waals surface area contributed by atoms with E-state index in [1.54, 1.807) is 7.05 Å². The number of carboxylic acid groups (broad SMARTS) is 1. The number of hydrogen-bond acceptors (Lipinski definition) is 3. The summed E-state index contributed by atoms with van der Waals surface area (Å²) in [5.41, 5.74) is -0.0627. The molecule has 1 unspecified atom stereocenters. The van der Waals surface area contributed by atoms with Gasteiger partial charge >= 0.3 is 5.97 Å². The Hall–Kier alpha value is -1.10. The van der Waals surface area contributed by atoms with E-state index in [4.69, 9.17) is 5.11 Å². The number of piperidine rings is 1. The number of aliphatic carboxylic acids is 1. The molecule has 5 nitrogen and oxygen atoms in total. The van der Waals surface area contributed by atoms with E-state index < -0.39 is 5.97 Å². The molecular weight excluding hydrogens is 220 g/mol. The van der Waals surface area contributed by atoms with Crippen molar-refractivity contribution < 1.29 is 14.7 Å². The van der Waals surface area contributed by atoms with Crippen LogP contribution in [-0.4, -0.2) is 48.1 Å². The quantitative estimate of drug-likeness (QED) is 0.761. The molecule has 0 aromatic rings. The van der Waals surface area contributed by atoms with Crippen molar-refractivity contribution in [3.8, 4) is 0 Å². The third-order valence-corrected chi connectivity index (χ3v) is 3.41. The van der Waals surface area contributed by atoms with Crippen LogP contribution in [0.4, 0.5) is 0 Å². The Kier molecular flexibility index (Phi) is 4.51. The first-order valence-corrected chi connectivity index (χ1v) is 6.05. The van der Waals surface area contributed by atoms with Gasteiger partial charge in [-0.3, -0.25) is 9.59 Å². The summed E-state index contributed by atoms with van der Waals surface area (Å²) in [6.45, 7) is 5.27. The van der Waals surface area contributed by atoms with Gasteiger partial charge in [-0.15, -0.1) is 0 Å². The van der Waals surface area contributed by atoms with Crippen molar-refractivity contribution in [3.05, 3.63) is 0 Å². The highest BCUT2D eigenvalue weighted by atomic mass is 16.4. The zero-order valence-electron chi connectivity index (χ0n) is 10.8. The first-order chi connectivity index (χ1) is 7.84. The summed E-state index contributed by atoms with van der Waals surface area (Å²) >= 11 is 0. The first kappa shape index (κ1) is 14.0. The summed E-state index contributed by atoms with van der Waals surface area (Å²) in [4.78, 5) is 24.2. The van der Waals surface area contributed by atoms with E-state index in [1.807, 2.05) is 0 Å².